The molecule has 1 radical (unpaired) electrons. The fourth-order valence-corrected chi connectivity index (χ4v) is 0.733. The Hall–Kier alpha value is -1.30. The van der Waals surface area contributed by atoms with Crippen molar-refractivity contribution in [2.75, 3.05) is 0 Å². The first-order chi connectivity index (χ1) is 5.50. The molecule has 0 saturated heterocycles. The zero-order valence-corrected chi connectivity index (χ0v) is 6.40. The predicted octanol–water partition coefficient (Wildman–Crippen LogP) is 2.97. The second-order valence-corrected chi connectivity index (χ2v) is 2.17. The summed E-state index contributed by atoms with van der Waals surface area (Å²) in [5.74, 6) is 0. The lowest BCUT2D eigenvalue weighted by Gasteiger charge is -1.76. The molecule has 0 heterocycles. The molecule has 11 heavy (non-hydrogen) atoms. The summed E-state index contributed by atoms with van der Waals surface area (Å²) in [6.07, 6.45) is 22.0. The molecule has 0 N–H and O–H groups in total. The molecule has 0 bridgehead atoms. The third-order valence-electron chi connectivity index (χ3n) is 1.26. The minimum absolute atomic E-state index is 0.989. The van der Waals surface area contributed by atoms with Crippen molar-refractivity contribution >= 4 is 0 Å². The van der Waals surface area contributed by atoms with Crippen molar-refractivity contribution in [2.24, 2.45) is 0 Å². The van der Waals surface area contributed by atoms with Gasteiger partial charge in [0.2, 0.25) is 0 Å². The molecule has 1 rings (SSSR count). The van der Waals surface area contributed by atoms with E-state index in [1.165, 1.54) is 0 Å². The summed E-state index contributed by atoms with van der Waals surface area (Å²) in [5, 5.41) is 0. The molecule has 1 aliphatic rings. The van der Waals surface area contributed by atoms with Crippen molar-refractivity contribution in [2.45, 2.75) is 6.42 Å². The molecule has 0 saturated carbocycles. The minimum atomic E-state index is 0.989. The van der Waals surface area contributed by atoms with Gasteiger partial charge < -0.3 is 0 Å². The molecule has 0 atom stereocenters. The van der Waals surface area contributed by atoms with Gasteiger partial charge in [-0.15, -0.1) is 0 Å². The topological polar surface area (TPSA) is 0 Å². The quantitative estimate of drug-likeness (QED) is 0.489. The van der Waals surface area contributed by atoms with Crippen LogP contribution in [0.3, 0.4) is 0 Å². The van der Waals surface area contributed by atoms with Gasteiger partial charge in [-0.25, -0.2) is 0 Å². The molecule has 0 aromatic carbocycles. The van der Waals surface area contributed by atoms with Crippen molar-refractivity contribution < 1.29 is 0 Å². The van der Waals surface area contributed by atoms with Crippen LogP contribution < -0.4 is 0 Å². The van der Waals surface area contributed by atoms with Crippen molar-refractivity contribution in [3.63, 3.8) is 0 Å². The van der Waals surface area contributed by atoms with E-state index >= 15 is 0 Å². The van der Waals surface area contributed by atoms with E-state index in [-0.39, 0.29) is 0 Å². The third kappa shape index (κ3) is 4.15. The lowest BCUT2D eigenvalue weighted by atomic mass is 10.3. The largest absolute Gasteiger partial charge is 0.0807 e. The lowest BCUT2D eigenvalue weighted by molar-refractivity contribution is 1.39. The Morgan fingerprint density at radius 2 is 1.64 bits per heavy atom. The number of allylic oxidation sites excluding steroid dienone is 10. The first-order valence-electron chi connectivity index (χ1n) is 3.73. The van der Waals surface area contributed by atoms with Gasteiger partial charge in [-0.2, -0.15) is 0 Å². The predicted molar refractivity (Wildman–Crippen MR) is 49.0 cm³/mol. The highest BCUT2D eigenvalue weighted by Gasteiger charge is 1.70. The molecule has 0 aromatic heterocycles. The Morgan fingerprint density at radius 3 is 2.64 bits per heavy atom. The maximum Gasteiger partial charge on any atom is -0.0163 e. The Morgan fingerprint density at radius 1 is 0.818 bits per heavy atom. The van der Waals surface area contributed by atoms with Gasteiger partial charge in [0.05, 0.1) is 0 Å². The zero-order chi connectivity index (χ0) is 7.78. The van der Waals surface area contributed by atoms with Gasteiger partial charge in [-0.1, -0.05) is 54.7 Å². The highest BCUT2D eigenvalue weighted by molar-refractivity contribution is 5.17. The van der Waals surface area contributed by atoms with Crippen LogP contribution in [-0.2, 0) is 0 Å². The van der Waals surface area contributed by atoms with Crippen molar-refractivity contribution in [3.8, 4) is 0 Å². The van der Waals surface area contributed by atoms with Crippen LogP contribution in [0, 0.1) is 6.08 Å². The molecule has 0 aromatic rings. The molecular formula is C11H11. The number of hydrogen-bond acceptors (Lipinski definition) is 0. The fourth-order valence-electron chi connectivity index (χ4n) is 0.733. The molecule has 0 amide bonds. The number of hydrogen-bond donors (Lipinski definition) is 0. The van der Waals surface area contributed by atoms with Gasteiger partial charge in [-0.3, -0.25) is 0 Å². The van der Waals surface area contributed by atoms with Gasteiger partial charge in [0.25, 0.3) is 0 Å². The lowest BCUT2D eigenvalue weighted by Crippen LogP contribution is -1.55. The fraction of sp³-hybridized carbons (Fsp3) is 0.0909. The van der Waals surface area contributed by atoms with E-state index in [1.54, 1.807) is 0 Å². The monoisotopic (exact) mass is 143 g/mol. The summed E-state index contributed by atoms with van der Waals surface area (Å²) >= 11 is 0. The van der Waals surface area contributed by atoms with Crippen LogP contribution in [0.4, 0.5) is 0 Å². The van der Waals surface area contributed by atoms with E-state index in [2.05, 4.69) is 18.2 Å². The summed E-state index contributed by atoms with van der Waals surface area (Å²) in [5.41, 5.74) is 0. The standard InChI is InChI=1S/C11H11/c1-2-4-6-8-10-11-9-7-5-3-1/h1-6,9-11H,7H2/b2-1+,5-3-,6-4-,10-8?,11-9-. The minimum Gasteiger partial charge on any atom is -0.0807 e. The van der Waals surface area contributed by atoms with E-state index in [9.17, 15) is 0 Å². The Labute approximate surface area is 67.9 Å². The normalized spacial score (nSPS) is 31.3. The molecule has 0 aliphatic heterocycles. The van der Waals surface area contributed by atoms with Crippen LogP contribution in [0.2, 0.25) is 0 Å². The maximum absolute atomic E-state index is 3.01. The van der Waals surface area contributed by atoms with E-state index in [0.29, 0.717) is 0 Å². The van der Waals surface area contributed by atoms with Gasteiger partial charge >= 0.3 is 0 Å². The smallest absolute Gasteiger partial charge is 0.0163 e. The molecule has 0 fully saturated rings. The highest BCUT2D eigenvalue weighted by Crippen LogP contribution is 1.90. The molecule has 0 spiro atoms. The second-order valence-electron chi connectivity index (χ2n) is 2.17. The molecule has 0 heteroatoms. The Kier molecular flexibility index (Phi) is 3.89. The summed E-state index contributed by atoms with van der Waals surface area (Å²) in [4.78, 5) is 0. The van der Waals surface area contributed by atoms with Gasteiger partial charge in [0.1, 0.15) is 0 Å². The molecule has 0 nitrogen and oxygen atoms in total. The van der Waals surface area contributed by atoms with E-state index in [0.717, 1.165) is 6.42 Å². The van der Waals surface area contributed by atoms with Crippen LogP contribution in [0.15, 0.2) is 54.7 Å². The summed E-state index contributed by atoms with van der Waals surface area (Å²) in [7, 11) is 0. The van der Waals surface area contributed by atoms with E-state index in [4.69, 9.17) is 0 Å². The van der Waals surface area contributed by atoms with Gasteiger partial charge in [-0.05, 0) is 12.5 Å². The Balaban J connectivity index is 2.61. The average molecular weight is 143 g/mol. The average Bonchev–Trinajstić information content (AvgIpc) is 2.08. The van der Waals surface area contributed by atoms with Crippen molar-refractivity contribution in [1.29, 1.82) is 0 Å². The summed E-state index contributed by atoms with van der Waals surface area (Å²) < 4.78 is 0. The van der Waals surface area contributed by atoms with Crippen molar-refractivity contribution in [1.82, 2.24) is 0 Å². The van der Waals surface area contributed by atoms with Crippen LogP contribution in [0.1, 0.15) is 6.42 Å². The summed E-state index contributed by atoms with van der Waals surface area (Å²) in [6, 6.07) is 0. The summed E-state index contributed by atoms with van der Waals surface area (Å²) in [6.45, 7) is 0. The van der Waals surface area contributed by atoms with E-state index in [1.807, 2.05) is 42.5 Å². The highest BCUT2D eigenvalue weighted by atomic mass is 13.8. The first-order valence-corrected chi connectivity index (χ1v) is 3.73. The molecular weight excluding hydrogens is 132 g/mol. The molecule has 55 valence electrons. The van der Waals surface area contributed by atoms with E-state index < -0.39 is 0 Å². The first kappa shape index (κ1) is 7.80. The maximum atomic E-state index is 3.01. The molecule has 0 unspecified atom stereocenters. The van der Waals surface area contributed by atoms with Gasteiger partial charge in [0, 0.05) is 0 Å². The Bertz CT molecular complexity index is 200. The van der Waals surface area contributed by atoms with Crippen LogP contribution in [0.25, 0.3) is 0 Å². The van der Waals surface area contributed by atoms with Gasteiger partial charge in [0.15, 0.2) is 0 Å². The SMILES string of the molecule is [C]1=C\C=C/C/C=C\C=C\C=C/1. The zero-order valence-electron chi connectivity index (χ0n) is 6.40. The van der Waals surface area contributed by atoms with Crippen molar-refractivity contribution in [3.05, 3.63) is 60.8 Å². The third-order valence-corrected chi connectivity index (χ3v) is 1.26. The number of rotatable bonds is 0. The van der Waals surface area contributed by atoms with Crippen LogP contribution in [-0.4, -0.2) is 0 Å². The second kappa shape index (κ2) is 5.48. The van der Waals surface area contributed by atoms with Crippen LogP contribution in [0.5, 0.6) is 0 Å². The molecule has 1 aliphatic carbocycles. The van der Waals surface area contributed by atoms with Crippen LogP contribution >= 0.6 is 0 Å².